The molecule has 1 aliphatic carbocycles. The highest BCUT2D eigenvalue weighted by Gasteiger charge is 2.20. The summed E-state index contributed by atoms with van der Waals surface area (Å²) in [5.41, 5.74) is 2.50. The molecule has 1 aromatic carbocycles. The van der Waals surface area contributed by atoms with Crippen molar-refractivity contribution in [3.05, 3.63) is 52.4 Å². The van der Waals surface area contributed by atoms with Crippen molar-refractivity contribution in [2.75, 3.05) is 11.9 Å². The molecule has 0 amide bonds. The molecule has 1 heterocycles. The summed E-state index contributed by atoms with van der Waals surface area (Å²) in [6, 6.07) is 11.2. The van der Waals surface area contributed by atoms with Crippen LogP contribution in [0.15, 0.2) is 45.5 Å². The van der Waals surface area contributed by atoms with Gasteiger partial charge in [-0.2, -0.15) is 0 Å². The van der Waals surface area contributed by atoms with Crippen LogP contribution in [0, 0.1) is 0 Å². The molecule has 0 radical (unpaired) electrons. The molecule has 0 aliphatic heterocycles. The molecule has 4 heteroatoms. The van der Waals surface area contributed by atoms with Crippen LogP contribution in [-0.2, 0) is 13.1 Å². The van der Waals surface area contributed by atoms with Crippen LogP contribution < -0.4 is 10.2 Å². The lowest BCUT2D eigenvalue weighted by Gasteiger charge is -2.19. The van der Waals surface area contributed by atoms with Gasteiger partial charge in [0.05, 0.1) is 12.8 Å². The van der Waals surface area contributed by atoms with E-state index >= 15 is 0 Å². The number of benzene rings is 1. The Morgan fingerprint density at radius 3 is 2.85 bits per heavy atom. The maximum absolute atomic E-state index is 5.39. The predicted molar refractivity (Wildman–Crippen MR) is 84.8 cm³/mol. The number of hydrogen-bond acceptors (Lipinski definition) is 3. The van der Waals surface area contributed by atoms with Crippen molar-refractivity contribution < 1.29 is 4.42 Å². The fraction of sp³-hybridized carbons (Fsp3) is 0.375. The summed E-state index contributed by atoms with van der Waals surface area (Å²) in [6.07, 6.45) is 4.36. The van der Waals surface area contributed by atoms with E-state index in [9.17, 15) is 0 Å². The molecular formula is C16H19BrN2O. The van der Waals surface area contributed by atoms with E-state index in [2.05, 4.69) is 51.4 Å². The van der Waals surface area contributed by atoms with Crippen LogP contribution >= 0.6 is 15.9 Å². The van der Waals surface area contributed by atoms with E-state index in [1.54, 1.807) is 6.26 Å². The molecule has 3 nitrogen and oxygen atoms in total. The number of rotatable bonds is 6. The normalized spacial score (nSPS) is 14.5. The van der Waals surface area contributed by atoms with Gasteiger partial charge in [-0.25, -0.2) is 0 Å². The molecule has 0 unspecified atom stereocenters. The molecule has 20 heavy (non-hydrogen) atoms. The number of nitrogens with zero attached hydrogens (tertiary/aromatic N) is 1. The van der Waals surface area contributed by atoms with E-state index in [1.807, 2.05) is 12.1 Å². The summed E-state index contributed by atoms with van der Waals surface area (Å²) in [7, 11) is 2.08. The molecule has 3 rings (SSSR count). The number of anilines is 1. The van der Waals surface area contributed by atoms with Crippen molar-refractivity contribution >= 4 is 21.6 Å². The zero-order valence-electron chi connectivity index (χ0n) is 11.6. The van der Waals surface area contributed by atoms with Gasteiger partial charge in [-0.1, -0.05) is 22.0 Å². The third-order valence-electron chi connectivity index (χ3n) is 3.61. The standard InChI is InChI=1S/C16H19BrN2O/c1-19(11-15-3-2-8-20-15)14-7-4-12(16(17)9-14)10-18-13-5-6-13/h2-4,7-9,13,18H,5-6,10-11H2,1H3. The van der Waals surface area contributed by atoms with E-state index in [-0.39, 0.29) is 0 Å². The highest BCUT2D eigenvalue weighted by Crippen LogP contribution is 2.26. The number of furan rings is 1. The van der Waals surface area contributed by atoms with Crippen molar-refractivity contribution in [2.24, 2.45) is 0 Å². The highest BCUT2D eigenvalue weighted by atomic mass is 79.9. The first-order valence-corrected chi connectivity index (χ1v) is 7.77. The van der Waals surface area contributed by atoms with Crippen molar-refractivity contribution in [2.45, 2.75) is 32.0 Å². The zero-order chi connectivity index (χ0) is 13.9. The summed E-state index contributed by atoms with van der Waals surface area (Å²) in [5.74, 6) is 0.975. The summed E-state index contributed by atoms with van der Waals surface area (Å²) >= 11 is 3.67. The van der Waals surface area contributed by atoms with Crippen LogP contribution in [0.25, 0.3) is 0 Å². The van der Waals surface area contributed by atoms with E-state index in [0.717, 1.165) is 29.4 Å². The van der Waals surface area contributed by atoms with Crippen LogP contribution in [-0.4, -0.2) is 13.1 Å². The van der Waals surface area contributed by atoms with Gasteiger partial charge in [-0.05, 0) is 42.7 Å². The molecule has 1 aromatic heterocycles. The second-order valence-corrected chi connectivity index (χ2v) is 6.22. The van der Waals surface area contributed by atoms with Gasteiger partial charge in [0.15, 0.2) is 0 Å². The van der Waals surface area contributed by atoms with Crippen molar-refractivity contribution in [3.63, 3.8) is 0 Å². The van der Waals surface area contributed by atoms with Gasteiger partial charge in [0.1, 0.15) is 5.76 Å². The molecule has 1 N–H and O–H groups in total. The fourth-order valence-electron chi connectivity index (χ4n) is 2.19. The molecule has 0 atom stereocenters. The minimum absolute atomic E-state index is 0.739. The fourth-order valence-corrected chi connectivity index (χ4v) is 2.69. The topological polar surface area (TPSA) is 28.4 Å². The second kappa shape index (κ2) is 6.02. The molecule has 106 valence electrons. The zero-order valence-corrected chi connectivity index (χ0v) is 13.2. The lowest BCUT2D eigenvalue weighted by Crippen LogP contribution is -2.17. The monoisotopic (exact) mass is 334 g/mol. The average molecular weight is 335 g/mol. The van der Waals surface area contributed by atoms with Crippen LogP contribution in [0.1, 0.15) is 24.2 Å². The van der Waals surface area contributed by atoms with Gasteiger partial charge in [-0.3, -0.25) is 0 Å². The van der Waals surface area contributed by atoms with E-state index in [4.69, 9.17) is 4.42 Å². The predicted octanol–water partition coefficient (Wildman–Crippen LogP) is 3.93. The van der Waals surface area contributed by atoms with Crippen molar-refractivity contribution in [1.29, 1.82) is 0 Å². The Kier molecular flexibility index (Phi) is 4.13. The van der Waals surface area contributed by atoms with Crippen LogP contribution in [0.2, 0.25) is 0 Å². The highest BCUT2D eigenvalue weighted by molar-refractivity contribution is 9.10. The minimum Gasteiger partial charge on any atom is -0.467 e. The Bertz CT molecular complexity index is 564. The molecule has 0 bridgehead atoms. The minimum atomic E-state index is 0.739. The Labute approximate surface area is 128 Å². The SMILES string of the molecule is CN(Cc1ccco1)c1ccc(CNC2CC2)c(Br)c1. The number of halogens is 1. The van der Waals surface area contributed by atoms with E-state index in [0.29, 0.717) is 0 Å². The summed E-state index contributed by atoms with van der Waals surface area (Å²) in [5, 5.41) is 3.54. The lowest BCUT2D eigenvalue weighted by atomic mass is 10.2. The lowest BCUT2D eigenvalue weighted by molar-refractivity contribution is 0.507. The molecule has 0 spiro atoms. The Morgan fingerprint density at radius 1 is 1.35 bits per heavy atom. The van der Waals surface area contributed by atoms with Gasteiger partial charge in [0.2, 0.25) is 0 Å². The van der Waals surface area contributed by atoms with Crippen molar-refractivity contribution in [3.8, 4) is 0 Å². The Morgan fingerprint density at radius 2 is 2.20 bits per heavy atom. The molecule has 1 saturated carbocycles. The van der Waals surface area contributed by atoms with Gasteiger partial charge < -0.3 is 14.6 Å². The average Bonchev–Trinajstić information content (AvgIpc) is 3.13. The van der Waals surface area contributed by atoms with Gasteiger partial charge in [-0.15, -0.1) is 0 Å². The molecule has 2 aromatic rings. The first-order valence-electron chi connectivity index (χ1n) is 6.98. The Balaban J connectivity index is 1.65. The van der Waals surface area contributed by atoms with Crippen LogP contribution in [0.3, 0.4) is 0 Å². The summed E-state index contributed by atoms with van der Waals surface area (Å²) in [4.78, 5) is 2.18. The van der Waals surface area contributed by atoms with Crippen LogP contribution in [0.4, 0.5) is 5.69 Å². The number of nitrogens with one attached hydrogen (secondary N) is 1. The largest absolute Gasteiger partial charge is 0.467 e. The maximum Gasteiger partial charge on any atom is 0.123 e. The smallest absolute Gasteiger partial charge is 0.123 e. The van der Waals surface area contributed by atoms with Crippen molar-refractivity contribution in [1.82, 2.24) is 5.32 Å². The third-order valence-corrected chi connectivity index (χ3v) is 4.35. The van der Waals surface area contributed by atoms with E-state index in [1.165, 1.54) is 24.1 Å². The molecule has 1 fully saturated rings. The van der Waals surface area contributed by atoms with Gasteiger partial charge in [0.25, 0.3) is 0 Å². The molecular weight excluding hydrogens is 316 g/mol. The van der Waals surface area contributed by atoms with Gasteiger partial charge in [0, 0.05) is 29.8 Å². The van der Waals surface area contributed by atoms with E-state index < -0.39 is 0 Å². The summed E-state index contributed by atoms with van der Waals surface area (Å²) in [6.45, 7) is 1.71. The number of hydrogen-bond donors (Lipinski definition) is 1. The summed E-state index contributed by atoms with van der Waals surface area (Å²) < 4.78 is 6.55. The van der Waals surface area contributed by atoms with Crippen LogP contribution in [0.5, 0.6) is 0 Å². The Hall–Kier alpha value is -1.26. The maximum atomic E-state index is 5.39. The quantitative estimate of drug-likeness (QED) is 0.867. The second-order valence-electron chi connectivity index (χ2n) is 5.37. The third kappa shape index (κ3) is 3.44. The first kappa shape index (κ1) is 13.7. The molecule has 0 saturated heterocycles. The van der Waals surface area contributed by atoms with Gasteiger partial charge >= 0.3 is 0 Å². The first-order chi connectivity index (χ1) is 9.72. The molecule has 1 aliphatic rings.